The van der Waals surface area contributed by atoms with E-state index in [1.807, 2.05) is 0 Å². The van der Waals surface area contributed by atoms with Crippen molar-refractivity contribution in [2.45, 2.75) is 77.2 Å². The lowest BCUT2D eigenvalue weighted by atomic mass is 10.0. The lowest BCUT2D eigenvalue weighted by Gasteiger charge is -2.15. The van der Waals surface area contributed by atoms with Crippen LogP contribution in [0.3, 0.4) is 0 Å². The molecule has 1 N–H and O–H groups in total. The molecule has 1 unspecified atom stereocenters. The maximum atomic E-state index is 3.48. The molecule has 0 bridgehead atoms. The largest absolute Gasteiger partial charge is 0.317 e. The van der Waals surface area contributed by atoms with Crippen LogP contribution in [0.4, 0.5) is 0 Å². The third-order valence-electron chi connectivity index (χ3n) is 3.63. The van der Waals surface area contributed by atoms with Gasteiger partial charge in [0.15, 0.2) is 0 Å². The summed E-state index contributed by atoms with van der Waals surface area (Å²) < 4.78 is 0. The Morgan fingerprint density at radius 2 is 1.73 bits per heavy atom. The van der Waals surface area contributed by atoms with E-state index in [2.05, 4.69) is 19.3 Å². The molecule has 0 aromatic heterocycles. The van der Waals surface area contributed by atoms with Gasteiger partial charge in [-0.2, -0.15) is 0 Å². The molecule has 0 heterocycles. The Morgan fingerprint density at radius 1 is 1.07 bits per heavy atom. The Morgan fingerprint density at radius 3 is 2.33 bits per heavy atom. The Hall–Kier alpha value is -0.0400. The number of hydrogen-bond acceptors (Lipinski definition) is 1. The molecule has 15 heavy (non-hydrogen) atoms. The highest BCUT2D eigenvalue weighted by Crippen LogP contribution is 2.34. The average molecular weight is 211 g/mol. The van der Waals surface area contributed by atoms with Gasteiger partial charge in [0.05, 0.1) is 0 Å². The Labute approximate surface area is 96.0 Å². The molecule has 1 nitrogen and oxygen atoms in total. The van der Waals surface area contributed by atoms with E-state index in [-0.39, 0.29) is 0 Å². The summed E-state index contributed by atoms with van der Waals surface area (Å²) in [6.45, 7) is 2.28. The third kappa shape index (κ3) is 6.94. The molecule has 0 radical (unpaired) electrons. The van der Waals surface area contributed by atoms with Crippen molar-refractivity contribution in [2.24, 2.45) is 5.92 Å². The van der Waals surface area contributed by atoms with Crippen LogP contribution in [-0.4, -0.2) is 13.1 Å². The minimum atomic E-state index is 0.809. The molecule has 0 aromatic rings. The van der Waals surface area contributed by atoms with Gasteiger partial charge in [-0.15, -0.1) is 0 Å². The highest BCUT2D eigenvalue weighted by atomic mass is 14.9. The second-order valence-electron chi connectivity index (χ2n) is 5.22. The molecule has 90 valence electrons. The molecule has 0 amide bonds. The Balaban J connectivity index is 1.87. The molecule has 1 heteroatoms. The fourth-order valence-electron chi connectivity index (χ4n) is 2.31. The van der Waals surface area contributed by atoms with Crippen LogP contribution in [0.15, 0.2) is 0 Å². The fourth-order valence-corrected chi connectivity index (χ4v) is 2.31. The summed E-state index contributed by atoms with van der Waals surface area (Å²) in [6, 6.07) is 0.809. The second-order valence-corrected chi connectivity index (χ2v) is 5.22. The van der Waals surface area contributed by atoms with Crippen LogP contribution in [0, 0.1) is 5.92 Å². The first-order chi connectivity index (χ1) is 7.36. The van der Waals surface area contributed by atoms with Crippen molar-refractivity contribution < 1.29 is 0 Å². The minimum Gasteiger partial charge on any atom is -0.317 e. The molecule has 1 atom stereocenters. The highest BCUT2D eigenvalue weighted by molar-refractivity contribution is 4.79. The van der Waals surface area contributed by atoms with Gasteiger partial charge in [-0.25, -0.2) is 0 Å². The van der Waals surface area contributed by atoms with Gasteiger partial charge in [-0.1, -0.05) is 58.3 Å². The molecule has 1 saturated carbocycles. The fraction of sp³-hybridized carbons (Fsp3) is 1.00. The van der Waals surface area contributed by atoms with Crippen molar-refractivity contribution in [3.8, 4) is 0 Å². The molecule has 0 saturated heterocycles. The second kappa shape index (κ2) is 8.15. The molecule has 0 aromatic carbocycles. The van der Waals surface area contributed by atoms with E-state index in [1.54, 1.807) is 0 Å². The third-order valence-corrected chi connectivity index (χ3v) is 3.63. The van der Waals surface area contributed by atoms with Crippen molar-refractivity contribution in [2.75, 3.05) is 7.05 Å². The van der Waals surface area contributed by atoms with E-state index < -0.39 is 0 Å². The van der Waals surface area contributed by atoms with Crippen LogP contribution in [0.25, 0.3) is 0 Å². The molecule has 1 rings (SSSR count). The molecule has 1 aliphatic rings. The van der Waals surface area contributed by atoms with Crippen LogP contribution < -0.4 is 5.32 Å². The van der Waals surface area contributed by atoms with Crippen molar-refractivity contribution in [3.05, 3.63) is 0 Å². The first kappa shape index (κ1) is 13.0. The van der Waals surface area contributed by atoms with Crippen molar-refractivity contribution in [3.63, 3.8) is 0 Å². The van der Waals surface area contributed by atoms with E-state index in [4.69, 9.17) is 0 Å². The van der Waals surface area contributed by atoms with Gasteiger partial charge in [0, 0.05) is 6.04 Å². The van der Waals surface area contributed by atoms with E-state index in [0.717, 1.165) is 12.0 Å². The number of hydrogen-bond donors (Lipinski definition) is 1. The van der Waals surface area contributed by atoms with Crippen LogP contribution >= 0.6 is 0 Å². The predicted octanol–water partition coefficient (Wildman–Crippen LogP) is 4.13. The molecule has 0 spiro atoms. The summed E-state index contributed by atoms with van der Waals surface area (Å²) in [7, 11) is 2.13. The zero-order valence-electron chi connectivity index (χ0n) is 10.7. The smallest absolute Gasteiger partial charge is 0.00667 e. The van der Waals surface area contributed by atoms with Gasteiger partial charge in [-0.3, -0.25) is 0 Å². The predicted molar refractivity (Wildman–Crippen MR) is 68.2 cm³/mol. The first-order valence-electron chi connectivity index (χ1n) is 7.04. The maximum absolute atomic E-state index is 3.48. The number of rotatable bonds is 10. The van der Waals surface area contributed by atoms with Gasteiger partial charge in [0.25, 0.3) is 0 Å². The van der Waals surface area contributed by atoms with Crippen molar-refractivity contribution >= 4 is 0 Å². The van der Waals surface area contributed by atoms with Crippen molar-refractivity contribution in [1.82, 2.24) is 5.32 Å². The average Bonchev–Trinajstić information content (AvgIpc) is 3.05. The number of unbranched alkanes of at least 4 members (excludes halogenated alkanes) is 5. The van der Waals surface area contributed by atoms with Gasteiger partial charge < -0.3 is 5.32 Å². The van der Waals surface area contributed by atoms with Crippen LogP contribution in [0.2, 0.25) is 0 Å². The van der Waals surface area contributed by atoms with Crippen LogP contribution in [0.1, 0.15) is 71.1 Å². The summed E-state index contributed by atoms with van der Waals surface area (Å²) in [5, 5.41) is 3.48. The van der Waals surface area contributed by atoms with Crippen LogP contribution in [-0.2, 0) is 0 Å². The first-order valence-corrected chi connectivity index (χ1v) is 7.04. The van der Waals surface area contributed by atoms with E-state index in [9.17, 15) is 0 Å². The van der Waals surface area contributed by atoms with Crippen LogP contribution in [0.5, 0.6) is 0 Å². The summed E-state index contributed by atoms with van der Waals surface area (Å²) in [4.78, 5) is 0. The topological polar surface area (TPSA) is 12.0 Å². The van der Waals surface area contributed by atoms with E-state index in [0.29, 0.717) is 0 Å². The lowest BCUT2D eigenvalue weighted by molar-refractivity contribution is 0.439. The summed E-state index contributed by atoms with van der Waals surface area (Å²) in [5.74, 6) is 1.07. The summed E-state index contributed by atoms with van der Waals surface area (Å²) in [5.41, 5.74) is 0. The Bertz CT molecular complexity index is 140. The normalized spacial score (nSPS) is 18.0. The molecule has 0 aliphatic heterocycles. The zero-order valence-corrected chi connectivity index (χ0v) is 10.7. The summed E-state index contributed by atoms with van der Waals surface area (Å²) >= 11 is 0. The SMILES string of the molecule is CCCCCCCCC(CC1CC1)NC. The number of nitrogens with one attached hydrogen (secondary N) is 1. The lowest BCUT2D eigenvalue weighted by Crippen LogP contribution is -2.25. The minimum absolute atomic E-state index is 0.809. The molecular weight excluding hydrogens is 182 g/mol. The molecule has 1 aliphatic carbocycles. The van der Waals surface area contributed by atoms with E-state index >= 15 is 0 Å². The van der Waals surface area contributed by atoms with Crippen molar-refractivity contribution in [1.29, 1.82) is 0 Å². The quantitative estimate of drug-likeness (QED) is 0.536. The van der Waals surface area contributed by atoms with Gasteiger partial charge in [0.2, 0.25) is 0 Å². The standard InChI is InChI=1S/C14H29N/c1-3-4-5-6-7-8-9-14(15-2)12-13-10-11-13/h13-15H,3-12H2,1-2H3. The zero-order chi connectivity index (χ0) is 10.9. The highest BCUT2D eigenvalue weighted by Gasteiger charge is 2.24. The monoisotopic (exact) mass is 211 g/mol. The van der Waals surface area contributed by atoms with Gasteiger partial charge in [0.1, 0.15) is 0 Å². The van der Waals surface area contributed by atoms with E-state index in [1.165, 1.54) is 64.2 Å². The molecule has 1 fully saturated rings. The summed E-state index contributed by atoms with van der Waals surface area (Å²) in [6.07, 6.45) is 14.4. The van der Waals surface area contributed by atoms with Gasteiger partial charge in [-0.05, 0) is 25.8 Å². The van der Waals surface area contributed by atoms with Gasteiger partial charge >= 0.3 is 0 Å². The maximum Gasteiger partial charge on any atom is 0.00667 e. The Kier molecular flexibility index (Phi) is 7.08. The molecular formula is C14H29N.